The van der Waals surface area contributed by atoms with Crippen molar-refractivity contribution < 1.29 is 13.9 Å². The lowest BCUT2D eigenvalue weighted by Crippen LogP contribution is -2.42. The molecule has 23 heavy (non-hydrogen) atoms. The van der Waals surface area contributed by atoms with Gasteiger partial charge in [0.15, 0.2) is 6.10 Å². The van der Waals surface area contributed by atoms with Crippen LogP contribution >= 0.6 is 11.3 Å². The summed E-state index contributed by atoms with van der Waals surface area (Å²) in [6.07, 6.45) is 2.09. The normalized spacial score (nSPS) is 18.3. The Bertz CT molecular complexity index is 667. The number of nitrogens with zero attached hydrogens (tertiary/aromatic N) is 3. The van der Waals surface area contributed by atoms with Crippen molar-refractivity contribution >= 4 is 17.2 Å². The Kier molecular flexibility index (Phi) is 5.07. The van der Waals surface area contributed by atoms with Gasteiger partial charge in [0.25, 0.3) is 0 Å². The number of carbonyl (C=O) groups excluding carboxylic acids is 1. The molecule has 3 rings (SSSR count). The van der Waals surface area contributed by atoms with Gasteiger partial charge in [-0.2, -0.15) is 0 Å². The van der Waals surface area contributed by atoms with Crippen molar-refractivity contribution in [2.45, 2.75) is 39.2 Å². The maximum atomic E-state index is 12.4. The largest absolute Gasteiger partial charge is 0.423 e. The number of morpholine rings is 1. The van der Waals surface area contributed by atoms with E-state index in [0.717, 1.165) is 12.8 Å². The van der Waals surface area contributed by atoms with Crippen LogP contribution in [0.1, 0.15) is 41.2 Å². The van der Waals surface area contributed by atoms with E-state index in [9.17, 15) is 4.79 Å². The quantitative estimate of drug-likeness (QED) is 0.840. The topological polar surface area (TPSA) is 68.5 Å². The molecule has 7 heteroatoms. The molecule has 0 saturated carbocycles. The molecule has 3 heterocycles. The first kappa shape index (κ1) is 16.1. The molecule has 2 aromatic rings. The molecule has 0 bridgehead atoms. The molecule has 0 spiro atoms. The lowest BCUT2D eigenvalue weighted by Gasteiger charge is -2.31. The van der Waals surface area contributed by atoms with Gasteiger partial charge >= 0.3 is 0 Å². The average molecular weight is 335 g/mol. The molecule has 1 fully saturated rings. The van der Waals surface area contributed by atoms with Crippen molar-refractivity contribution in [3.05, 3.63) is 33.7 Å². The SMILES string of the molecule is Cc1nnc(C2CN(C(=O)CCCc3sccc3C)CCO2)o1. The van der Waals surface area contributed by atoms with Gasteiger partial charge in [0, 0.05) is 24.8 Å². The van der Waals surface area contributed by atoms with Crippen molar-refractivity contribution in [3.8, 4) is 0 Å². The monoisotopic (exact) mass is 335 g/mol. The molecule has 1 unspecified atom stereocenters. The van der Waals surface area contributed by atoms with E-state index in [1.165, 1.54) is 10.4 Å². The number of ether oxygens (including phenoxy) is 1. The first-order chi connectivity index (χ1) is 11.1. The van der Waals surface area contributed by atoms with Crippen LogP contribution in [-0.4, -0.2) is 40.7 Å². The maximum Gasteiger partial charge on any atom is 0.246 e. The fourth-order valence-corrected chi connectivity index (χ4v) is 3.64. The zero-order chi connectivity index (χ0) is 16.2. The Hall–Kier alpha value is -1.73. The number of rotatable bonds is 5. The first-order valence-electron chi connectivity index (χ1n) is 7.86. The van der Waals surface area contributed by atoms with Gasteiger partial charge in [0.2, 0.25) is 17.7 Å². The van der Waals surface area contributed by atoms with E-state index in [2.05, 4.69) is 28.6 Å². The molecule has 0 aliphatic carbocycles. The van der Waals surface area contributed by atoms with Crippen LogP contribution in [0.3, 0.4) is 0 Å². The van der Waals surface area contributed by atoms with Gasteiger partial charge in [0.1, 0.15) is 0 Å². The van der Waals surface area contributed by atoms with E-state index in [-0.39, 0.29) is 12.0 Å². The fourth-order valence-electron chi connectivity index (χ4n) is 2.69. The van der Waals surface area contributed by atoms with Gasteiger partial charge in [-0.1, -0.05) is 0 Å². The minimum atomic E-state index is -0.312. The molecule has 1 aliphatic heterocycles. The predicted molar refractivity (Wildman–Crippen MR) is 86.3 cm³/mol. The standard InChI is InChI=1S/C16H21N3O3S/c1-11-6-9-23-14(11)4-3-5-15(20)19-7-8-21-13(10-19)16-18-17-12(2)22-16/h6,9,13H,3-5,7-8,10H2,1-2H3. The van der Waals surface area contributed by atoms with E-state index in [1.54, 1.807) is 18.3 Å². The second kappa shape index (κ2) is 7.23. The fraction of sp³-hybridized carbons (Fsp3) is 0.562. The summed E-state index contributed by atoms with van der Waals surface area (Å²) in [6.45, 7) is 5.47. The van der Waals surface area contributed by atoms with Crippen LogP contribution in [-0.2, 0) is 16.0 Å². The molecule has 0 aromatic carbocycles. The molecule has 1 amide bonds. The number of aryl methyl sites for hydroxylation is 3. The third-order valence-electron chi connectivity index (χ3n) is 4.00. The zero-order valence-electron chi connectivity index (χ0n) is 13.4. The molecular weight excluding hydrogens is 314 g/mol. The van der Waals surface area contributed by atoms with Gasteiger partial charge < -0.3 is 14.1 Å². The number of aromatic nitrogens is 2. The Morgan fingerprint density at radius 3 is 3.00 bits per heavy atom. The Morgan fingerprint density at radius 2 is 2.30 bits per heavy atom. The molecule has 6 nitrogen and oxygen atoms in total. The lowest BCUT2D eigenvalue weighted by molar-refractivity contribution is -0.140. The molecule has 124 valence electrons. The van der Waals surface area contributed by atoms with E-state index in [1.807, 2.05) is 4.90 Å². The summed E-state index contributed by atoms with van der Waals surface area (Å²) in [5.41, 5.74) is 1.32. The summed E-state index contributed by atoms with van der Waals surface area (Å²) >= 11 is 1.76. The minimum Gasteiger partial charge on any atom is -0.423 e. The molecule has 1 aliphatic rings. The van der Waals surface area contributed by atoms with Gasteiger partial charge in [-0.25, -0.2) is 0 Å². The summed E-state index contributed by atoms with van der Waals surface area (Å²) in [6, 6.07) is 2.13. The lowest BCUT2D eigenvalue weighted by atomic mass is 10.1. The highest BCUT2D eigenvalue weighted by molar-refractivity contribution is 7.10. The van der Waals surface area contributed by atoms with Crippen LogP contribution in [0.2, 0.25) is 0 Å². The summed E-state index contributed by atoms with van der Waals surface area (Å²) in [7, 11) is 0. The van der Waals surface area contributed by atoms with Crippen molar-refractivity contribution in [2.75, 3.05) is 19.7 Å². The second-order valence-electron chi connectivity index (χ2n) is 5.74. The first-order valence-corrected chi connectivity index (χ1v) is 8.74. The van der Waals surface area contributed by atoms with E-state index in [4.69, 9.17) is 9.15 Å². The van der Waals surface area contributed by atoms with Crippen LogP contribution in [0, 0.1) is 13.8 Å². The second-order valence-corrected chi connectivity index (χ2v) is 6.74. The number of carbonyl (C=O) groups is 1. The molecule has 0 radical (unpaired) electrons. The molecule has 0 N–H and O–H groups in total. The number of hydrogen-bond acceptors (Lipinski definition) is 6. The van der Waals surface area contributed by atoms with Gasteiger partial charge in [-0.3, -0.25) is 4.79 Å². The summed E-state index contributed by atoms with van der Waals surface area (Å²) in [4.78, 5) is 15.6. The molecule has 1 saturated heterocycles. The smallest absolute Gasteiger partial charge is 0.246 e. The number of hydrogen-bond donors (Lipinski definition) is 0. The molecule has 2 aromatic heterocycles. The van der Waals surface area contributed by atoms with Crippen molar-refractivity contribution in [2.24, 2.45) is 0 Å². The zero-order valence-corrected chi connectivity index (χ0v) is 14.3. The van der Waals surface area contributed by atoms with Crippen molar-refractivity contribution in [3.63, 3.8) is 0 Å². The number of amides is 1. The third kappa shape index (κ3) is 3.97. The van der Waals surface area contributed by atoms with Gasteiger partial charge in [-0.15, -0.1) is 21.5 Å². The summed E-state index contributed by atoms with van der Waals surface area (Å²) in [5.74, 6) is 1.14. The van der Waals surface area contributed by atoms with Gasteiger partial charge in [0.05, 0.1) is 13.2 Å². The van der Waals surface area contributed by atoms with E-state index >= 15 is 0 Å². The third-order valence-corrected chi connectivity index (χ3v) is 5.08. The van der Waals surface area contributed by atoms with E-state index in [0.29, 0.717) is 37.9 Å². The highest BCUT2D eigenvalue weighted by Gasteiger charge is 2.28. The van der Waals surface area contributed by atoms with Gasteiger partial charge in [-0.05, 0) is 36.8 Å². The van der Waals surface area contributed by atoms with Crippen molar-refractivity contribution in [1.29, 1.82) is 0 Å². The van der Waals surface area contributed by atoms with Crippen molar-refractivity contribution in [1.82, 2.24) is 15.1 Å². The Balaban J connectivity index is 1.50. The highest BCUT2D eigenvalue weighted by atomic mass is 32.1. The maximum absolute atomic E-state index is 12.4. The van der Waals surface area contributed by atoms with Crippen LogP contribution < -0.4 is 0 Å². The Labute approximate surface area is 139 Å². The average Bonchev–Trinajstić information content (AvgIpc) is 3.16. The van der Waals surface area contributed by atoms with E-state index < -0.39 is 0 Å². The number of thiophene rings is 1. The highest BCUT2D eigenvalue weighted by Crippen LogP contribution is 2.22. The van der Waals surface area contributed by atoms with Crippen LogP contribution in [0.25, 0.3) is 0 Å². The molecular formula is C16H21N3O3S. The predicted octanol–water partition coefficient (Wildman–Crippen LogP) is 2.67. The van der Waals surface area contributed by atoms with Crippen LogP contribution in [0.4, 0.5) is 0 Å². The van der Waals surface area contributed by atoms with Crippen LogP contribution in [0.5, 0.6) is 0 Å². The summed E-state index contributed by atoms with van der Waals surface area (Å²) < 4.78 is 11.1. The molecule has 1 atom stereocenters. The minimum absolute atomic E-state index is 0.170. The van der Waals surface area contributed by atoms with Crippen LogP contribution in [0.15, 0.2) is 15.9 Å². The Morgan fingerprint density at radius 1 is 1.43 bits per heavy atom. The summed E-state index contributed by atoms with van der Waals surface area (Å²) in [5, 5.41) is 9.91.